The van der Waals surface area contributed by atoms with E-state index in [1.54, 1.807) is 54.7 Å². The van der Waals surface area contributed by atoms with Gasteiger partial charge in [-0.1, -0.05) is 42.5 Å². The zero-order valence-electron chi connectivity index (χ0n) is 15.7. The lowest BCUT2D eigenvalue weighted by molar-refractivity contribution is -0.0500. The van der Waals surface area contributed by atoms with Crippen LogP contribution in [0.3, 0.4) is 0 Å². The molecule has 0 bridgehead atoms. The fraction of sp³-hybridized carbons (Fsp3) is 0.0952. The van der Waals surface area contributed by atoms with Crippen LogP contribution >= 0.6 is 0 Å². The molecule has 0 N–H and O–H groups in total. The molecule has 0 unspecified atom stereocenters. The lowest BCUT2D eigenvalue weighted by Crippen LogP contribution is -2.28. The maximum absolute atomic E-state index is 12.9. The molecule has 2 heterocycles. The first-order valence-corrected chi connectivity index (χ1v) is 10.4. The van der Waals surface area contributed by atoms with E-state index in [1.807, 2.05) is 0 Å². The van der Waals surface area contributed by atoms with Crippen LogP contribution in [0.1, 0.15) is 11.3 Å². The summed E-state index contributed by atoms with van der Waals surface area (Å²) >= 11 is 0. The van der Waals surface area contributed by atoms with Crippen LogP contribution in [0.4, 0.5) is 13.2 Å². The molecule has 2 aromatic carbocycles. The molecular formula is C21H14F3N3O3S. The van der Waals surface area contributed by atoms with Gasteiger partial charge in [-0.2, -0.15) is 21.6 Å². The van der Waals surface area contributed by atoms with Crippen molar-refractivity contribution in [3.05, 3.63) is 84.4 Å². The third-order valence-corrected chi connectivity index (χ3v) is 5.38. The van der Waals surface area contributed by atoms with Crippen molar-refractivity contribution in [2.75, 3.05) is 0 Å². The highest BCUT2D eigenvalue weighted by atomic mass is 32.2. The number of benzene rings is 2. The average Bonchev–Trinajstić information content (AvgIpc) is 2.74. The van der Waals surface area contributed by atoms with Gasteiger partial charge in [0.25, 0.3) is 0 Å². The number of fused-ring (bicyclic) bond motifs is 1. The van der Waals surface area contributed by atoms with Crippen LogP contribution in [0.5, 0.6) is 5.75 Å². The second-order valence-corrected chi connectivity index (χ2v) is 8.11. The molecule has 0 saturated carbocycles. The predicted octanol–water partition coefficient (Wildman–Crippen LogP) is 4.51. The molecule has 158 valence electrons. The summed E-state index contributed by atoms with van der Waals surface area (Å²) < 4.78 is 66.3. The first-order chi connectivity index (χ1) is 14.7. The Hall–Kier alpha value is -3.53. The molecule has 0 aliphatic carbocycles. The topological polar surface area (TPSA) is 82.0 Å². The van der Waals surface area contributed by atoms with Crippen molar-refractivity contribution in [2.45, 2.75) is 11.9 Å². The molecule has 0 aliphatic heterocycles. The van der Waals surface area contributed by atoms with Crippen LogP contribution in [0, 0.1) is 0 Å². The van der Waals surface area contributed by atoms with Crippen LogP contribution in [0.2, 0.25) is 0 Å². The molecule has 10 heteroatoms. The zero-order valence-corrected chi connectivity index (χ0v) is 16.6. The molecule has 0 amide bonds. The molecule has 0 aliphatic rings. The summed E-state index contributed by atoms with van der Waals surface area (Å²) in [6.45, 7) is 0. The summed E-state index contributed by atoms with van der Waals surface area (Å²) in [5.41, 5.74) is -3.02. The first kappa shape index (κ1) is 20.7. The van der Waals surface area contributed by atoms with Gasteiger partial charge in [0.1, 0.15) is 0 Å². The number of rotatable bonds is 5. The largest absolute Gasteiger partial charge is 0.534 e. The molecular weight excluding hydrogens is 431 g/mol. The van der Waals surface area contributed by atoms with Crippen LogP contribution in [-0.2, 0) is 16.5 Å². The van der Waals surface area contributed by atoms with Gasteiger partial charge in [0.2, 0.25) is 0 Å². The maximum Gasteiger partial charge on any atom is 0.534 e. The Morgan fingerprint density at radius 2 is 1.74 bits per heavy atom. The van der Waals surface area contributed by atoms with Crippen molar-refractivity contribution < 1.29 is 25.8 Å². The second kappa shape index (κ2) is 7.95. The summed E-state index contributed by atoms with van der Waals surface area (Å²) in [6.07, 6.45) is 4.71. The Kier molecular flexibility index (Phi) is 5.32. The zero-order chi connectivity index (χ0) is 22.1. The minimum Gasteiger partial charge on any atom is -0.374 e. The second-order valence-electron chi connectivity index (χ2n) is 6.58. The number of pyridine rings is 1. The van der Waals surface area contributed by atoms with Crippen molar-refractivity contribution >= 4 is 21.0 Å². The number of nitrogens with zero attached hydrogens (tertiary/aromatic N) is 3. The van der Waals surface area contributed by atoms with E-state index in [1.165, 1.54) is 18.5 Å². The Bertz CT molecular complexity index is 1330. The van der Waals surface area contributed by atoms with Crippen LogP contribution in [0.25, 0.3) is 22.2 Å². The highest BCUT2D eigenvalue weighted by Crippen LogP contribution is 2.32. The van der Waals surface area contributed by atoms with Gasteiger partial charge in [0.15, 0.2) is 5.75 Å². The van der Waals surface area contributed by atoms with Gasteiger partial charge in [-0.15, -0.1) is 0 Å². The fourth-order valence-corrected chi connectivity index (χ4v) is 3.42. The third kappa shape index (κ3) is 4.48. The van der Waals surface area contributed by atoms with Crippen LogP contribution in [0.15, 0.2) is 73.2 Å². The molecule has 2 aromatic heterocycles. The molecule has 0 radical (unpaired) electrons. The Labute approximate surface area is 175 Å². The SMILES string of the molecule is O=S(=O)(Oc1cc2ccc(-c3cnccn3)cc2nc1Cc1ccccc1)C(F)(F)F. The number of alkyl halides is 3. The summed E-state index contributed by atoms with van der Waals surface area (Å²) in [6, 6.07) is 15.0. The van der Waals surface area contributed by atoms with Crippen LogP contribution in [-0.4, -0.2) is 28.9 Å². The highest BCUT2D eigenvalue weighted by molar-refractivity contribution is 7.88. The van der Waals surface area contributed by atoms with Crippen molar-refractivity contribution in [3.63, 3.8) is 0 Å². The molecule has 4 rings (SSSR count). The first-order valence-electron chi connectivity index (χ1n) is 8.98. The number of hydrogen-bond donors (Lipinski definition) is 0. The van der Waals surface area contributed by atoms with Gasteiger partial charge in [0, 0.05) is 29.8 Å². The van der Waals surface area contributed by atoms with Gasteiger partial charge < -0.3 is 4.18 Å². The van der Waals surface area contributed by atoms with E-state index in [9.17, 15) is 21.6 Å². The van der Waals surface area contributed by atoms with Crippen molar-refractivity contribution in [2.24, 2.45) is 0 Å². The molecule has 0 atom stereocenters. The van der Waals surface area contributed by atoms with Gasteiger partial charge in [0.05, 0.1) is 23.1 Å². The Morgan fingerprint density at radius 3 is 2.42 bits per heavy atom. The molecule has 0 saturated heterocycles. The van der Waals surface area contributed by atoms with Crippen molar-refractivity contribution in [1.82, 2.24) is 15.0 Å². The fourth-order valence-electron chi connectivity index (χ4n) is 2.95. The van der Waals surface area contributed by atoms with Gasteiger partial charge in [-0.3, -0.25) is 9.97 Å². The van der Waals surface area contributed by atoms with E-state index < -0.39 is 21.4 Å². The van der Waals surface area contributed by atoms with Crippen molar-refractivity contribution in [3.8, 4) is 17.0 Å². The van der Waals surface area contributed by atoms with E-state index in [0.717, 1.165) is 5.56 Å². The van der Waals surface area contributed by atoms with E-state index in [-0.39, 0.29) is 12.1 Å². The molecule has 0 spiro atoms. The maximum atomic E-state index is 12.9. The highest BCUT2D eigenvalue weighted by Gasteiger charge is 2.48. The van der Waals surface area contributed by atoms with Gasteiger partial charge >= 0.3 is 15.6 Å². The normalized spacial score (nSPS) is 12.1. The smallest absolute Gasteiger partial charge is 0.374 e. The molecule has 31 heavy (non-hydrogen) atoms. The number of aromatic nitrogens is 3. The summed E-state index contributed by atoms with van der Waals surface area (Å²) in [7, 11) is -5.84. The van der Waals surface area contributed by atoms with Gasteiger partial charge in [-0.25, -0.2) is 4.98 Å². The molecule has 6 nitrogen and oxygen atoms in total. The minimum atomic E-state index is -5.84. The summed E-state index contributed by atoms with van der Waals surface area (Å²) in [4.78, 5) is 12.7. The van der Waals surface area contributed by atoms with Gasteiger partial charge in [-0.05, 0) is 17.7 Å². The molecule has 4 aromatic rings. The van der Waals surface area contributed by atoms with E-state index >= 15 is 0 Å². The van der Waals surface area contributed by atoms with Crippen molar-refractivity contribution in [1.29, 1.82) is 0 Å². The standard InChI is InChI=1S/C21H14F3N3O3S/c22-21(23,24)31(28,29)30-20-12-16-7-6-15(19-13-25-8-9-26-19)11-17(16)27-18(20)10-14-4-2-1-3-5-14/h1-9,11-13H,10H2. The van der Waals surface area contributed by atoms with E-state index in [0.29, 0.717) is 22.2 Å². The lowest BCUT2D eigenvalue weighted by atomic mass is 10.1. The van der Waals surface area contributed by atoms with E-state index in [4.69, 9.17) is 0 Å². The monoisotopic (exact) mass is 445 g/mol. The van der Waals surface area contributed by atoms with E-state index in [2.05, 4.69) is 19.1 Å². The van der Waals surface area contributed by atoms with Crippen LogP contribution < -0.4 is 4.18 Å². The minimum absolute atomic E-state index is 0.0582. The summed E-state index contributed by atoms with van der Waals surface area (Å²) in [5.74, 6) is -0.471. The number of halogens is 3. The summed E-state index contributed by atoms with van der Waals surface area (Å²) in [5, 5.41) is 0.414. The third-order valence-electron chi connectivity index (χ3n) is 4.41. The number of hydrogen-bond acceptors (Lipinski definition) is 6. The predicted molar refractivity (Wildman–Crippen MR) is 108 cm³/mol. The lowest BCUT2D eigenvalue weighted by Gasteiger charge is -2.14. The Balaban J connectivity index is 1.83. The average molecular weight is 445 g/mol. The molecule has 0 fully saturated rings. The quantitative estimate of drug-likeness (QED) is 0.332. The Morgan fingerprint density at radius 1 is 0.968 bits per heavy atom.